The summed E-state index contributed by atoms with van der Waals surface area (Å²) in [5.41, 5.74) is -0.438. The molecule has 0 rings (SSSR count). The van der Waals surface area contributed by atoms with Gasteiger partial charge in [0.2, 0.25) is 0 Å². The Morgan fingerprint density at radius 2 is 1.45 bits per heavy atom. The third kappa shape index (κ3) is 4.52. The third-order valence-electron chi connectivity index (χ3n) is 0.810. The second kappa shape index (κ2) is 3.50. The molecule has 0 saturated heterocycles. The molecule has 0 aliphatic rings. The lowest BCUT2D eigenvalue weighted by Gasteiger charge is -2.01. The van der Waals surface area contributed by atoms with Crippen LogP contribution in [-0.4, -0.2) is 17.6 Å². The van der Waals surface area contributed by atoms with Crippen LogP contribution in [0.5, 0.6) is 0 Å². The lowest BCUT2D eigenvalue weighted by atomic mass is 10.4. The maximum absolute atomic E-state index is 11.7. The quantitative estimate of drug-likeness (QED) is 0.422. The topological polar surface area (TPSA) is 24.7 Å². The smallest absolute Gasteiger partial charge is 0.165 e. The average Bonchev–Trinajstić information content (AvgIpc) is 1.80. The summed E-state index contributed by atoms with van der Waals surface area (Å²) in [6.45, 7) is 4.03. The first kappa shape index (κ1) is 10.1. The minimum Gasteiger partial charge on any atom is -0.165 e. The predicted octanol–water partition coefficient (Wildman–Crippen LogP) is 2.41. The molecule has 11 heavy (non-hydrogen) atoms. The van der Waals surface area contributed by atoms with Crippen molar-refractivity contribution in [1.29, 1.82) is 0 Å². The molecule has 0 N–H and O–H groups in total. The van der Waals surface area contributed by atoms with Crippen molar-refractivity contribution in [2.75, 3.05) is 0 Å². The molecule has 0 radical (unpaired) electrons. The summed E-state index contributed by atoms with van der Waals surface area (Å²) in [4.78, 5) is 0. The maximum atomic E-state index is 11.7. The lowest BCUT2D eigenvalue weighted by molar-refractivity contribution is -0.0593. The summed E-state index contributed by atoms with van der Waals surface area (Å²) in [5, 5.41) is 6.25. The highest BCUT2D eigenvalue weighted by Gasteiger charge is 2.32. The van der Waals surface area contributed by atoms with Gasteiger partial charge in [-0.3, -0.25) is 0 Å². The van der Waals surface area contributed by atoms with Gasteiger partial charge >= 0.3 is 6.18 Å². The van der Waals surface area contributed by atoms with Crippen molar-refractivity contribution >= 4 is 11.4 Å². The van der Waals surface area contributed by atoms with Gasteiger partial charge < -0.3 is 0 Å². The number of rotatable bonds is 1. The van der Waals surface area contributed by atoms with Crippen LogP contribution in [0.3, 0.4) is 0 Å². The second-order valence-corrected chi connectivity index (χ2v) is 2.23. The minimum atomic E-state index is -4.36. The molecule has 0 aliphatic carbocycles. The Morgan fingerprint density at radius 3 is 1.73 bits per heavy atom. The van der Waals surface area contributed by atoms with Crippen LogP contribution in [0.25, 0.3) is 0 Å². The molecule has 0 saturated carbocycles. The van der Waals surface area contributed by atoms with E-state index in [1.54, 1.807) is 13.8 Å². The van der Waals surface area contributed by atoms with E-state index in [1.807, 2.05) is 0 Å². The van der Waals surface area contributed by atoms with Crippen LogP contribution in [-0.2, 0) is 0 Å². The van der Waals surface area contributed by atoms with Gasteiger partial charge in [-0.15, -0.1) is 0 Å². The van der Waals surface area contributed by atoms with E-state index in [4.69, 9.17) is 0 Å². The van der Waals surface area contributed by atoms with Gasteiger partial charge in [0.25, 0.3) is 0 Å². The first-order chi connectivity index (χ1) is 4.84. The maximum Gasteiger partial charge on any atom is 0.431 e. The van der Waals surface area contributed by atoms with Crippen molar-refractivity contribution in [3.05, 3.63) is 0 Å². The van der Waals surface area contributed by atoms with Crippen molar-refractivity contribution in [2.24, 2.45) is 10.2 Å². The minimum absolute atomic E-state index is 0.494. The Bertz CT molecular complexity index is 186. The number of halogens is 3. The molecule has 0 heterocycles. The van der Waals surface area contributed by atoms with Gasteiger partial charge in [-0.1, -0.05) is 0 Å². The zero-order chi connectivity index (χ0) is 9.07. The largest absolute Gasteiger partial charge is 0.431 e. The third-order valence-corrected chi connectivity index (χ3v) is 0.810. The highest BCUT2D eigenvalue weighted by Crippen LogP contribution is 2.16. The van der Waals surface area contributed by atoms with Gasteiger partial charge in [-0.25, -0.2) is 0 Å². The van der Waals surface area contributed by atoms with Crippen molar-refractivity contribution in [2.45, 2.75) is 26.9 Å². The second-order valence-electron chi connectivity index (χ2n) is 2.23. The van der Waals surface area contributed by atoms with Crippen LogP contribution >= 0.6 is 0 Å². The summed E-state index contributed by atoms with van der Waals surface area (Å²) in [6, 6.07) is 0. The summed E-state index contributed by atoms with van der Waals surface area (Å²) >= 11 is 0. The van der Waals surface area contributed by atoms with Crippen LogP contribution in [0.2, 0.25) is 0 Å². The summed E-state index contributed by atoms with van der Waals surface area (Å²) in [6.07, 6.45) is -4.36. The van der Waals surface area contributed by atoms with Gasteiger partial charge in [-0.2, -0.15) is 23.4 Å². The standard InChI is InChI=1S/C6H9F3N2/c1-4(2)10-11-5(3)6(7,8)9/h1-3H3/b11-5-. The fourth-order valence-electron chi connectivity index (χ4n) is 0.232. The first-order valence-corrected chi connectivity index (χ1v) is 2.96. The van der Waals surface area contributed by atoms with Crippen molar-refractivity contribution < 1.29 is 13.2 Å². The van der Waals surface area contributed by atoms with E-state index in [1.165, 1.54) is 0 Å². The Balaban J connectivity index is 4.36. The van der Waals surface area contributed by atoms with E-state index >= 15 is 0 Å². The monoisotopic (exact) mass is 166 g/mol. The molecule has 0 aromatic rings. The van der Waals surface area contributed by atoms with Crippen LogP contribution in [0.1, 0.15) is 20.8 Å². The fourth-order valence-corrected chi connectivity index (χ4v) is 0.232. The SMILES string of the molecule is CC(C)=N/N=C(/C)C(F)(F)F. The van der Waals surface area contributed by atoms with Crippen molar-refractivity contribution in [3.8, 4) is 0 Å². The lowest BCUT2D eigenvalue weighted by Crippen LogP contribution is -2.18. The van der Waals surface area contributed by atoms with Gasteiger partial charge in [-0.05, 0) is 20.8 Å². The van der Waals surface area contributed by atoms with Crippen LogP contribution < -0.4 is 0 Å². The molecule has 0 bridgehead atoms. The first-order valence-electron chi connectivity index (χ1n) is 2.96. The number of hydrogen-bond donors (Lipinski definition) is 0. The summed E-state index contributed by atoms with van der Waals surface area (Å²) in [7, 11) is 0. The number of nitrogens with zero attached hydrogens (tertiary/aromatic N) is 2. The summed E-state index contributed by atoms with van der Waals surface area (Å²) < 4.78 is 35.1. The Morgan fingerprint density at radius 1 is 1.00 bits per heavy atom. The summed E-state index contributed by atoms with van der Waals surface area (Å²) in [5.74, 6) is 0. The zero-order valence-electron chi connectivity index (χ0n) is 6.53. The van der Waals surface area contributed by atoms with E-state index < -0.39 is 11.9 Å². The highest BCUT2D eigenvalue weighted by atomic mass is 19.4. The molecule has 64 valence electrons. The molecular weight excluding hydrogens is 157 g/mol. The Labute approximate surface area is 62.8 Å². The van der Waals surface area contributed by atoms with Crippen molar-refractivity contribution in [3.63, 3.8) is 0 Å². The van der Waals surface area contributed by atoms with Gasteiger partial charge in [0.15, 0.2) is 0 Å². The number of alkyl halides is 3. The van der Waals surface area contributed by atoms with Gasteiger partial charge in [0, 0.05) is 5.71 Å². The highest BCUT2D eigenvalue weighted by molar-refractivity contribution is 5.88. The van der Waals surface area contributed by atoms with E-state index in [9.17, 15) is 13.2 Å². The zero-order valence-corrected chi connectivity index (χ0v) is 6.53. The van der Waals surface area contributed by atoms with Crippen molar-refractivity contribution in [1.82, 2.24) is 0 Å². The van der Waals surface area contributed by atoms with Crippen LogP contribution in [0.4, 0.5) is 13.2 Å². The van der Waals surface area contributed by atoms with E-state index in [0.29, 0.717) is 5.71 Å². The van der Waals surface area contributed by atoms with Crippen LogP contribution in [0.15, 0.2) is 10.2 Å². The molecule has 0 spiro atoms. The predicted molar refractivity (Wildman–Crippen MR) is 37.9 cm³/mol. The normalized spacial score (nSPS) is 13.1. The van der Waals surface area contributed by atoms with E-state index in [2.05, 4.69) is 10.2 Å². The average molecular weight is 166 g/mol. The van der Waals surface area contributed by atoms with Crippen LogP contribution in [0, 0.1) is 0 Å². The molecule has 5 heteroatoms. The molecule has 0 unspecified atom stereocenters. The Hall–Kier alpha value is -0.870. The molecule has 0 aromatic carbocycles. The molecule has 2 nitrogen and oxygen atoms in total. The van der Waals surface area contributed by atoms with Gasteiger partial charge in [0.05, 0.1) is 0 Å². The van der Waals surface area contributed by atoms with Gasteiger partial charge in [0.1, 0.15) is 5.71 Å². The molecule has 0 amide bonds. The van der Waals surface area contributed by atoms with E-state index in [-0.39, 0.29) is 0 Å². The molecular formula is C6H9F3N2. The number of hydrogen-bond acceptors (Lipinski definition) is 2. The molecule has 0 aliphatic heterocycles. The Kier molecular flexibility index (Phi) is 3.22. The molecule has 0 aromatic heterocycles. The molecule has 0 atom stereocenters. The van der Waals surface area contributed by atoms with E-state index in [0.717, 1.165) is 6.92 Å². The fraction of sp³-hybridized carbons (Fsp3) is 0.667. The molecule has 0 fully saturated rings.